The zero-order valence-electron chi connectivity index (χ0n) is 32.4. The van der Waals surface area contributed by atoms with Crippen molar-refractivity contribution in [2.75, 3.05) is 16.8 Å². The largest absolute Gasteiger partial charge is 0.336 e. The molecule has 274 valence electrons. The third-order valence-corrected chi connectivity index (χ3v) is 13.7. The quantitative estimate of drug-likeness (QED) is 0.213. The summed E-state index contributed by atoms with van der Waals surface area (Å²) >= 11 is 0. The van der Waals surface area contributed by atoms with Crippen LogP contribution < -0.4 is 9.80 Å². The van der Waals surface area contributed by atoms with Crippen molar-refractivity contribution in [1.29, 1.82) is 5.41 Å². The van der Waals surface area contributed by atoms with E-state index in [0.29, 0.717) is 0 Å². The molecule has 4 aliphatic carbocycles. The van der Waals surface area contributed by atoms with Crippen LogP contribution in [0, 0.1) is 16.7 Å². The van der Waals surface area contributed by atoms with Crippen molar-refractivity contribution in [3.63, 3.8) is 0 Å². The highest BCUT2D eigenvalue weighted by molar-refractivity contribution is 5.90. The number of allylic oxidation sites excluding steroid dienone is 13. The molecular weight excluding hydrogens is 659 g/mol. The Hall–Kier alpha value is -5.03. The lowest BCUT2D eigenvalue weighted by atomic mass is 9.37. The van der Waals surface area contributed by atoms with Gasteiger partial charge < -0.3 is 15.2 Å². The smallest absolute Gasteiger partial charge is 0.161 e. The Balaban J connectivity index is 1.25. The van der Waals surface area contributed by atoms with Crippen molar-refractivity contribution in [3.05, 3.63) is 155 Å². The standard InChI is InChI=1S/C49H53N5/c1-5-48-39-28-18-19-29-42(39)54-43-32-51-45(38-27-17-16-20-33(38)3)52-46(43)53(4)47(54)49(48,6-2)40(44(48)36-25-14-9-15-26-36)30-37(34-21-10-7-11-22-34)31-41(50)35-23-12-8-13-24-35/h7-8,10-14,18-23,25-29,32,35,37,47,50H,5-6,9,15-17,24,30-31H2,1-4H3. The average Bonchev–Trinajstić information content (AvgIpc) is 3.51. The molecule has 3 heterocycles. The Morgan fingerprint density at radius 1 is 0.907 bits per heavy atom. The molecule has 0 saturated carbocycles. The summed E-state index contributed by atoms with van der Waals surface area (Å²) in [5, 5.41) is 9.47. The molecule has 5 nitrogen and oxygen atoms in total. The maximum absolute atomic E-state index is 9.47. The van der Waals surface area contributed by atoms with Crippen molar-refractivity contribution in [2.24, 2.45) is 11.3 Å². The Morgan fingerprint density at radius 2 is 1.70 bits per heavy atom. The van der Waals surface area contributed by atoms with Gasteiger partial charge in [0.2, 0.25) is 0 Å². The van der Waals surface area contributed by atoms with E-state index in [2.05, 4.69) is 153 Å². The lowest BCUT2D eigenvalue weighted by Gasteiger charge is -2.70. The molecule has 0 saturated heterocycles. The Bertz CT molecular complexity index is 2210. The van der Waals surface area contributed by atoms with Crippen LogP contribution in [0.15, 0.2) is 138 Å². The van der Waals surface area contributed by atoms with Gasteiger partial charge in [0.15, 0.2) is 11.6 Å². The predicted molar refractivity (Wildman–Crippen MR) is 224 cm³/mol. The van der Waals surface area contributed by atoms with Crippen LogP contribution in [0.25, 0.3) is 5.57 Å². The molecule has 0 fully saturated rings. The van der Waals surface area contributed by atoms with E-state index in [-0.39, 0.29) is 28.8 Å². The van der Waals surface area contributed by atoms with Crippen molar-refractivity contribution in [3.8, 4) is 0 Å². The monoisotopic (exact) mass is 711 g/mol. The molecule has 2 aromatic carbocycles. The van der Waals surface area contributed by atoms with Gasteiger partial charge in [0.25, 0.3) is 0 Å². The maximum Gasteiger partial charge on any atom is 0.161 e. The van der Waals surface area contributed by atoms with Crippen LogP contribution in [0.1, 0.15) is 101 Å². The fraction of sp³-hybridized carbons (Fsp3) is 0.367. The summed E-state index contributed by atoms with van der Waals surface area (Å²) in [6, 6.07) is 20.3. The van der Waals surface area contributed by atoms with Crippen LogP contribution in [0.5, 0.6) is 0 Å². The first-order valence-electron chi connectivity index (χ1n) is 20.4. The predicted octanol–water partition coefficient (Wildman–Crippen LogP) is 11.9. The maximum atomic E-state index is 9.47. The van der Waals surface area contributed by atoms with Gasteiger partial charge in [0, 0.05) is 40.8 Å². The summed E-state index contributed by atoms with van der Waals surface area (Å²) in [6.07, 6.45) is 31.6. The molecule has 1 N–H and O–H groups in total. The van der Waals surface area contributed by atoms with E-state index >= 15 is 0 Å². The first-order valence-corrected chi connectivity index (χ1v) is 20.4. The number of aromatic nitrogens is 2. The summed E-state index contributed by atoms with van der Waals surface area (Å²) in [7, 11) is 2.28. The van der Waals surface area contributed by atoms with Crippen LogP contribution >= 0.6 is 0 Å². The number of nitrogens with one attached hydrogen (secondary N) is 1. The Labute approximate surface area is 321 Å². The molecular formula is C49H53N5. The number of benzene rings is 2. The van der Waals surface area contributed by atoms with E-state index in [1.54, 1.807) is 5.57 Å². The number of anilines is 3. The summed E-state index contributed by atoms with van der Waals surface area (Å²) in [5.74, 6) is 2.19. The SMILES string of the molecule is CCC12C(C3=CCCC=C3)=C(CC(CC(=N)C3C=CC=CC3)c3ccccc3)C1(CC)C1N(C)c3nc(C4=CCCC=C4C)ncc3N1c1ccccc12. The van der Waals surface area contributed by atoms with Crippen molar-refractivity contribution in [1.82, 2.24) is 9.97 Å². The summed E-state index contributed by atoms with van der Waals surface area (Å²) in [6.45, 7) is 7.06. The van der Waals surface area contributed by atoms with Gasteiger partial charge in [0.1, 0.15) is 11.9 Å². The second-order valence-corrected chi connectivity index (χ2v) is 16.1. The van der Waals surface area contributed by atoms with Crippen LogP contribution in [0.4, 0.5) is 17.2 Å². The number of rotatable bonds is 10. The van der Waals surface area contributed by atoms with E-state index in [0.717, 1.165) is 86.4 Å². The fourth-order valence-electron chi connectivity index (χ4n) is 11.3. The zero-order chi connectivity index (χ0) is 37.0. The highest BCUT2D eigenvalue weighted by Gasteiger charge is 2.72. The second kappa shape index (κ2) is 13.7. The third-order valence-electron chi connectivity index (χ3n) is 13.7. The zero-order valence-corrected chi connectivity index (χ0v) is 32.4. The van der Waals surface area contributed by atoms with Gasteiger partial charge in [-0.05, 0) is 105 Å². The van der Waals surface area contributed by atoms with Gasteiger partial charge in [-0.1, -0.05) is 123 Å². The molecule has 9 rings (SSSR count). The molecule has 1 aromatic heterocycles. The Morgan fingerprint density at radius 3 is 2.44 bits per heavy atom. The van der Waals surface area contributed by atoms with Crippen molar-refractivity contribution >= 4 is 28.5 Å². The topological polar surface area (TPSA) is 56.1 Å². The van der Waals surface area contributed by atoms with Gasteiger partial charge >= 0.3 is 0 Å². The molecule has 0 radical (unpaired) electrons. The summed E-state index contributed by atoms with van der Waals surface area (Å²) in [5.41, 5.74) is 12.5. The van der Waals surface area contributed by atoms with E-state index < -0.39 is 0 Å². The molecule has 2 aliphatic heterocycles. The molecule has 3 aromatic rings. The third kappa shape index (κ3) is 4.99. The molecule has 0 bridgehead atoms. The minimum atomic E-state index is -0.212. The molecule has 5 atom stereocenters. The van der Waals surface area contributed by atoms with Gasteiger partial charge in [-0.15, -0.1) is 0 Å². The van der Waals surface area contributed by atoms with Crippen LogP contribution in [-0.4, -0.2) is 28.9 Å². The fourth-order valence-corrected chi connectivity index (χ4v) is 11.3. The highest BCUT2D eigenvalue weighted by Crippen LogP contribution is 2.76. The van der Waals surface area contributed by atoms with E-state index in [9.17, 15) is 5.41 Å². The average molecular weight is 712 g/mol. The van der Waals surface area contributed by atoms with Gasteiger partial charge in [-0.2, -0.15) is 0 Å². The van der Waals surface area contributed by atoms with E-state index in [4.69, 9.17) is 9.97 Å². The first kappa shape index (κ1) is 34.7. The minimum Gasteiger partial charge on any atom is -0.336 e. The van der Waals surface area contributed by atoms with Gasteiger partial charge in [-0.25, -0.2) is 9.97 Å². The molecule has 5 heteroatoms. The first-order chi connectivity index (χ1) is 26.4. The number of para-hydroxylation sites is 1. The molecule has 0 spiro atoms. The van der Waals surface area contributed by atoms with E-state index in [1.165, 1.54) is 33.5 Å². The lowest BCUT2D eigenvalue weighted by molar-refractivity contribution is 0.0802. The van der Waals surface area contributed by atoms with Crippen molar-refractivity contribution < 1.29 is 0 Å². The number of fused-ring (bicyclic) bond motifs is 8. The second-order valence-electron chi connectivity index (χ2n) is 16.1. The number of hydrogen-bond acceptors (Lipinski definition) is 5. The van der Waals surface area contributed by atoms with E-state index in [1.807, 2.05) is 0 Å². The number of nitrogens with zero attached hydrogens (tertiary/aromatic N) is 4. The summed E-state index contributed by atoms with van der Waals surface area (Å²) < 4.78 is 0. The van der Waals surface area contributed by atoms with Gasteiger partial charge in [0.05, 0.1) is 6.20 Å². The van der Waals surface area contributed by atoms with Gasteiger partial charge in [-0.3, -0.25) is 0 Å². The highest BCUT2D eigenvalue weighted by atomic mass is 15.5. The van der Waals surface area contributed by atoms with Crippen LogP contribution in [0.3, 0.4) is 0 Å². The van der Waals surface area contributed by atoms with Crippen molar-refractivity contribution in [2.45, 2.75) is 96.1 Å². The molecule has 54 heavy (non-hydrogen) atoms. The lowest BCUT2D eigenvalue weighted by Crippen LogP contribution is -2.71. The van der Waals surface area contributed by atoms with Crippen LogP contribution in [-0.2, 0) is 5.41 Å². The minimum absolute atomic E-state index is 0.0306. The summed E-state index contributed by atoms with van der Waals surface area (Å²) in [4.78, 5) is 15.6. The number of hydrogen-bond donors (Lipinski definition) is 1. The molecule has 0 amide bonds. The Kier molecular flexibility index (Phi) is 8.79. The molecule has 5 unspecified atom stereocenters. The normalized spacial score (nSPS) is 26.9. The van der Waals surface area contributed by atoms with Crippen LogP contribution in [0.2, 0.25) is 0 Å². The molecule has 6 aliphatic rings.